The van der Waals surface area contributed by atoms with E-state index in [2.05, 4.69) is 5.32 Å². The zero-order valence-electron chi connectivity index (χ0n) is 12.1. The van der Waals surface area contributed by atoms with Crippen LogP contribution in [0.5, 0.6) is 5.75 Å². The van der Waals surface area contributed by atoms with Crippen molar-refractivity contribution in [3.8, 4) is 5.75 Å². The number of amides is 1. The molecule has 23 heavy (non-hydrogen) atoms. The standard InChI is InChI=1S/C15H13F4NO3/c1-2-5-20-15(21)11-4-3-8(23-11)7-22-14-12(18)9(16)6-10(17)13(14)19/h3-4,6H,2,5,7H2,1H3,(H,20,21). The molecule has 0 aliphatic rings. The molecule has 0 bridgehead atoms. The van der Waals surface area contributed by atoms with Gasteiger partial charge < -0.3 is 14.5 Å². The fourth-order valence-corrected chi connectivity index (χ4v) is 1.72. The molecule has 0 fully saturated rings. The van der Waals surface area contributed by atoms with Gasteiger partial charge in [-0.05, 0) is 18.6 Å². The van der Waals surface area contributed by atoms with E-state index >= 15 is 0 Å². The second-order valence-electron chi connectivity index (χ2n) is 4.61. The van der Waals surface area contributed by atoms with Crippen LogP contribution >= 0.6 is 0 Å². The van der Waals surface area contributed by atoms with Crippen molar-refractivity contribution in [2.45, 2.75) is 20.0 Å². The molecule has 0 aliphatic heterocycles. The molecule has 1 heterocycles. The van der Waals surface area contributed by atoms with E-state index in [9.17, 15) is 22.4 Å². The molecule has 124 valence electrons. The molecule has 0 spiro atoms. The van der Waals surface area contributed by atoms with E-state index in [1.807, 2.05) is 6.92 Å². The molecule has 0 unspecified atom stereocenters. The Bertz CT molecular complexity index is 689. The number of ether oxygens (including phenoxy) is 1. The minimum atomic E-state index is -1.64. The summed E-state index contributed by atoms with van der Waals surface area (Å²) < 4.78 is 62.8. The SMILES string of the molecule is CCCNC(=O)c1ccc(COc2c(F)c(F)cc(F)c2F)o1. The lowest BCUT2D eigenvalue weighted by molar-refractivity contribution is 0.0921. The first-order chi connectivity index (χ1) is 10.9. The highest BCUT2D eigenvalue weighted by Gasteiger charge is 2.21. The fraction of sp³-hybridized carbons (Fsp3) is 0.267. The quantitative estimate of drug-likeness (QED) is 0.650. The van der Waals surface area contributed by atoms with Gasteiger partial charge in [0.05, 0.1) is 0 Å². The van der Waals surface area contributed by atoms with E-state index in [0.717, 1.165) is 6.42 Å². The normalized spacial score (nSPS) is 10.7. The lowest BCUT2D eigenvalue weighted by Crippen LogP contribution is -2.23. The van der Waals surface area contributed by atoms with Crippen LogP contribution in [-0.4, -0.2) is 12.5 Å². The topological polar surface area (TPSA) is 51.5 Å². The fourth-order valence-electron chi connectivity index (χ4n) is 1.72. The van der Waals surface area contributed by atoms with Crippen LogP contribution in [0.3, 0.4) is 0 Å². The average Bonchev–Trinajstić information content (AvgIpc) is 2.99. The zero-order valence-corrected chi connectivity index (χ0v) is 12.1. The van der Waals surface area contributed by atoms with E-state index in [0.29, 0.717) is 6.54 Å². The largest absolute Gasteiger partial charge is 0.479 e. The van der Waals surface area contributed by atoms with E-state index in [1.165, 1.54) is 12.1 Å². The molecule has 2 aromatic rings. The van der Waals surface area contributed by atoms with Crippen molar-refractivity contribution < 1.29 is 31.5 Å². The molecule has 0 atom stereocenters. The Morgan fingerprint density at radius 2 is 1.83 bits per heavy atom. The van der Waals surface area contributed by atoms with Crippen LogP contribution in [0.1, 0.15) is 29.7 Å². The van der Waals surface area contributed by atoms with Crippen molar-refractivity contribution in [1.29, 1.82) is 0 Å². The van der Waals surface area contributed by atoms with Crippen molar-refractivity contribution >= 4 is 5.91 Å². The van der Waals surface area contributed by atoms with Gasteiger partial charge in [0.2, 0.25) is 11.6 Å². The summed E-state index contributed by atoms with van der Waals surface area (Å²) in [5.74, 6) is -8.01. The summed E-state index contributed by atoms with van der Waals surface area (Å²) in [7, 11) is 0. The molecule has 1 amide bonds. The van der Waals surface area contributed by atoms with Crippen LogP contribution in [0.2, 0.25) is 0 Å². The molecule has 1 N–H and O–H groups in total. The maximum Gasteiger partial charge on any atom is 0.286 e. The highest BCUT2D eigenvalue weighted by molar-refractivity contribution is 5.91. The van der Waals surface area contributed by atoms with Crippen molar-refractivity contribution in [3.63, 3.8) is 0 Å². The Hall–Kier alpha value is -2.51. The van der Waals surface area contributed by atoms with Gasteiger partial charge in [0.15, 0.2) is 23.1 Å². The number of hydrogen-bond donors (Lipinski definition) is 1. The summed E-state index contributed by atoms with van der Waals surface area (Å²) in [5, 5.41) is 2.58. The Kier molecular flexibility index (Phi) is 5.25. The van der Waals surface area contributed by atoms with Gasteiger partial charge in [-0.2, -0.15) is 8.78 Å². The van der Waals surface area contributed by atoms with Crippen LogP contribution in [0.25, 0.3) is 0 Å². The number of nitrogens with one attached hydrogen (secondary N) is 1. The van der Waals surface area contributed by atoms with E-state index in [1.54, 1.807) is 0 Å². The Labute approximate surface area is 129 Å². The maximum atomic E-state index is 13.4. The highest BCUT2D eigenvalue weighted by Crippen LogP contribution is 2.27. The predicted molar refractivity (Wildman–Crippen MR) is 71.9 cm³/mol. The third-order valence-corrected chi connectivity index (χ3v) is 2.85. The second-order valence-corrected chi connectivity index (χ2v) is 4.61. The Morgan fingerprint density at radius 1 is 1.17 bits per heavy atom. The van der Waals surface area contributed by atoms with Crippen LogP contribution < -0.4 is 10.1 Å². The van der Waals surface area contributed by atoms with Gasteiger partial charge in [0, 0.05) is 12.6 Å². The Morgan fingerprint density at radius 3 is 2.43 bits per heavy atom. The predicted octanol–water partition coefficient (Wildman–Crippen LogP) is 3.55. The second kappa shape index (κ2) is 7.17. The van der Waals surface area contributed by atoms with Crippen molar-refractivity contribution in [2.24, 2.45) is 0 Å². The van der Waals surface area contributed by atoms with Crippen molar-refractivity contribution in [1.82, 2.24) is 5.32 Å². The summed E-state index contributed by atoms with van der Waals surface area (Å²) in [5.41, 5.74) is 0. The smallest absolute Gasteiger partial charge is 0.286 e. The first-order valence-corrected chi connectivity index (χ1v) is 6.76. The molecule has 0 radical (unpaired) electrons. The molecule has 8 heteroatoms. The third kappa shape index (κ3) is 3.82. The first kappa shape index (κ1) is 16.9. The summed E-state index contributed by atoms with van der Waals surface area (Å²) in [4.78, 5) is 11.6. The molecule has 0 aliphatic carbocycles. The van der Waals surface area contributed by atoms with Gasteiger partial charge in [-0.15, -0.1) is 0 Å². The highest BCUT2D eigenvalue weighted by atomic mass is 19.2. The molecule has 2 rings (SSSR count). The van der Waals surface area contributed by atoms with Gasteiger partial charge in [-0.3, -0.25) is 4.79 Å². The number of carbonyl (C=O) groups is 1. The van der Waals surface area contributed by atoms with E-state index in [-0.39, 0.29) is 17.6 Å². The number of halogens is 4. The van der Waals surface area contributed by atoms with E-state index < -0.39 is 41.5 Å². The minimum Gasteiger partial charge on any atom is -0.479 e. The monoisotopic (exact) mass is 331 g/mol. The number of rotatable bonds is 6. The summed E-state index contributed by atoms with van der Waals surface area (Å²) in [6, 6.07) is 2.79. The molecule has 1 aromatic heterocycles. The first-order valence-electron chi connectivity index (χ1n) is 6.76. The van der Waals surface area contributed by atoms with E-state index in [4.69, 9.17) is 9.15 Å². The maximum absolute atomic E-state index is 13.4. The zero-order chi connectivity index (χ0) is 17.0. The summed E-state index contributed by atoms with van der Waals surface area (Å²) in [6.07, 6.45) is 0.742. The van der Waals surface area contributed by atoms with Crippen LogP contribution in [-0.2, 0) is 6.61 Å². The molecule has 0 saturated carbocycles. The van der Waals surface area contributed by atoms with Crippen molar-refractivity contribution in [2.75, 3.05) is 6.54 Å². The number of carbonyl (C=O) groups excluding carboxylic acids is 1. The number of furan rings is 1. The van der Waals surface area contributed by atoms with Gasteiger partial charge in [-0.1, -0.05) is 6.92 Å². The molecular formula is C15H13F4NO3. The molecule has 0 saturated heterocycles. The summed E-state index contributed by atoms with van der Waals surface area (Å²) in [6.45, 7) is 1.84. The summed E-state index contributed by atoms with van der Waals surface area (Å²) >= 11 is 0. The third-order valence-electron chi connectivity index (χ3n) is 2.85. The van der Waals surface area contributed by atoms with Gasteiger partial charge in [0.1, 0.15) is 12.4 Å². The lowest BCUT2D eigenvalue weighted by Gasteiger charge is -2.08. The lowest BCUT2D eigenvalue weighted by atomic mass is 10.3. The molecule has 4 nitrogen and oxygen atoms in total. The molecular weight excluding hydrogens is 318 g/mol. The van der Waals surface area contributed by atoms with Crippen LogP contribution in [0, 0.1) is 23.3 Å². The average molecular weight is 331 g/mol. The number of benzene rings is 1. The number of hydrogen-bond acceptors (Lipinski definition) is 3. The van der Waals surface area contributed by atoms with Gasteiger partial charge >= 0.3 is 0 Å². The molecule has 1 aromatic carbocycles. The van der Waals surface area contributed by atoms with Gasteiger partial charge in [-0.25, -0.2) is 8.78 Å². The van der Waals surface area contributed by atoms with Crippen LogP contribution in [0.4, 0.5) is 17.6 Å². The minimum absolute atomic E-state index is 0.0107. The van der Waals surface area contributed by atoms with Crippen molar-refractivity contribution in [3.05, 3.63) is 53.0 Å². The van der Waals surface area contributed by atoms with Gasteiger partial charge in [0.25, 0.3) is 5.91 Å². The Balaban J connectivity index is 2.08. The van der Waals surface area contributed by atoms with Crippen LogP contribution in [0.15, 0.2) is 22.6 Å².